The van der Waals surface area contributed by atoms with E-state index >= 15 is 0 Å². The Balaban J connectivity index is 1.84. The summed E-state index contributed by atoms with van der Waals surface area (Å²) >= 11 is 0. The summed E-state index contributed by atoms with van der Waals surface area (Å²) in [5.41, 5.74) is 1.75. The first-order valence-corrected chi connectivity index (χ1v) is 10.9. The molecule has 154 valence electrons. The highest BCUT2D eigenvalue weighted by atomic mass is 32.2. The molecular formula is C21H24FN3O3S. The molecule has 0 spiro atoms. The number of benzene rings is 2. The lowest BCUT2D eigenvalue weighted by molar-refractivity contribution is -0.123. The third kappa shape index (κ3) is 4.48. The van der Waals surface area contributed by atoms with Crippen LogP contribution in [0.25, 0.3) is 0 Å². The molecular weight excluding hydrogens is 393 g/mol. The van der Waals surface area contributed by atoms with E-state index in [2.05, 4.69) is 15.0 Å². The Morgan fingerprint density at radius 2 is 1.97 bits per heavy atom. The topological polar surface area (TPSA) is 87.6 Å². The molecule has 0 saturated carbocycles. The van der Waals surface area contributed by atoms with Crippen molar-refractivity contribution in [2.45, 2.75) is 44.7 Å². The van der Waals surface area contributed by atoms with Gasteiger partial charge in [0.25, 0.3) is 10.0 Å². The van der Waals surface area contributed by atoms with E-state index in [0.717, 1.165) is 5.56 Å². The number of carbonyl (C=O) groups excluding carboxylic acids is 1. The van der Waals surface area contributed by atoms with Crippen LogP contribution < -0.4 is 10.0 Å². The van der Waals surface area contributed by atoms with E-state index < -0.39 is 16.1 Å². The minimum absolute atomic E-state index is 0.102. The Bertz CT molecular complexity index is 1070. The lowest BCUT2D eigenvalue weighted by Gasteiger charge is -2.19. The van der Waals surface area contributed by atoms with Crippen LogP contribution in [-0.4, -0.2) is 26.2 Å². The summed E-state index contributed by atoms with van der Waals surface area (Å²) in [5.74, 6) is -0.526. The number of aryl methyl sites for hydroxylation is 1. The molecule has 0 bridgehead atoms. The number of carbonyl (C=O) groups is 1. The van der Waals surface area contributed by atoms with Gasteiger partial charge in [-0.05, 0) is 42.2 Å². The second kappa shape index (κ2) is 8.32. The van der Waals surface area contributed by atoms with Crippen molar-refractivity contribution in [1.29, 1.82) is 0 Å². The number of nitrogens with one attached hydrogen (secondary N) is 2. The number of halogens is 1. The molecule has 1 heterocycles. The number of nitrogens with zero attached hydrogens (tertiary/aromatic N) is 1. The van der Waals surface area contributed by atoms with Crippen molar-refractivity contribution < 1.29 is 17.6 Å². The van der Waals surface area contributed by atoms with Gasteiger partial charge in [-0.15, -0.1) is 0 Å². The van der Waals surface area contributed by atoms with Crippen LogP contribution in [-0.2, 0) is 21.4 Å². The van der Waals surface area contributed by atoms with Gasteiger partial charge in [0.15, 0.2) is 0 Å². The molecule has 0 aromatic heterocycles. The average Bonchev–Trinajstić information content (AvgIpc) is 2.96. The highest BCUT2D eigenvalue weighted by molar-refractivity contribution is 7.90. The molecule has 0 unspecified atom stereocenters. The monoisotopic (exact) mass is 417 g/mol. The van der Waals surface area contributed by atoms with Gasteiger partial charge >= 0.3 is 0 Å². The molecule has 2 aromatic carbocycles. The zero-order valence-corrected chi connectivity index (χ0v) is 17.4. The molecule has 2 atom stereocenters. The zero-order valence-electron chi connectivity index (χ0n) is 16.6. The average molecular weight is 418 g/mol. The summed E-state index contributed by atoms with van der Waals surface area (Å²) in [5, 5.41) is 2.83. The predicted molar refractivity (Wildman–Crippen MR) is 110 cm³/mol. The molecule has 3 rings (SSSR count). The van der Waals surface area contributed by atoms with Crippen molar-refractivity contribution in [2.24, 2.45) is 10.9 Å². The van der Waals surface area contributed by atoms with Gasteiger partial charge in [0.05, 0.1) is 4.90 Å². The third-order valence-corrected chi connectivity index (χ3v) is 6.47. The standard InChI is InChI=1S/C21H24FN3O3S/c1-4-13(2)19(21(26)23-12-15-9-10-17(22)14(3)11-15)24-20-16-7-5-6-8-18(16)29(27,28)25-20/h5-11,13,19H,4,12H2,1-3H3,(H,23,26)(H,24,25)/t13-,19-/m0/s1. The third-order valence-electron chi connectivity index (χ3n) is 5.07. The fourth-order valence-corrected chi connectivity index (χ4v) is 4.39. The Hall–Kier alpha value is -2.74. The van der Waals surface area contributed by atoms with E-state index in [-0.39, 0.29) is 34.9 Å². The van der Waals surface area contributed by atoms with Gasteiger partial charge in [-0.25, -0.2) is 12.8 Å². The van der Waals surface area contributed by atoms with Gasteiger partial charge in [0.1, 0.15) is 17.7 Å². The Labute approximate surface area is 170 Å². The summed E-state index contributed by atoms with van der Waals surface area (Å²) in [7, 11) is -3.67. The van der Waals surface area contributed by atoms with Gasteiger partial charge in [-0.1, -0.05) is 44.5 Å². The highest BCUT2D eigenvalue weighted by Crippen LogP contribution is 2.24. The van der Waals surface area contributed by atoms with Crippen molar-refractivity contribution >= 4 is 21.8 Å². The summed E-state index contributed by atoms with van der Waals surface area (Å²) < 4.78 is 40.5. The molecule has 2 N–H and O–H groups in total. The minimum atomic E-state index is -3.67. The van der Waals surface area contributed by atoms with Crippen molar-refractivity contribution in [1.82, 2.24) is 10.0 Å². The molecule has 2 aromatic rings. The van der Waals surface area contributed by atoms with E-state index in [4.69, 9.17) is 0 Å². The van der Waals surface area contributed by atoms with E-state index in [1.54, 1.807) is 37.3 Å². The van der Waals surface area contributed by atoms with Crippen LogP contribution in [0.2, 0.25) is 0 Å². The fourth-order valence-electron chi connectivity index (χ4n) is 3.15. The first kappa shape index (κ1) is 21.0. The first-order chi connectivity index (χ1) is 13.7. The van der Waals surface area contributed by atoms with Crippen LogP contribution in [0.1, 0.15) is 37.0 Å². The molecule has 1 aliphatic rings. The second-order valence-corrected chi connectivity index (χ2v) is 8.86. The summed E-state index contributed by atoms with van der Waals surface area (Å²) in [4.78, 5) is 17.5. The normalized spacial score (nSPS) is 18.0. The van der Waals surface area contributed by atoms with E-state index in [1.807, 2.05) is 13.8 Å². The first-order valence-electron chi connectivity index (χ1n) is 9.45. The van der Waals surface area contributed by atoms with E-state index in [1.165, 1.54) is 12.1 Å². The van der Waals surface area contributed by atoms with Crippen molar-refractivity contribution in [3.05, 3.63) is 65.0 Å². The minimum Gasteiger partial charge on any atom is -0.350 e. The highest BCUT2D eigenvalue weighted by Gasteiger charge is 2.33. The van der Waals surface area contributed by atoms with Gasteiger partial charge in [-0.3, -0.25) is 14.5 Å². The van der Waals surface area contributed by atoms with E-state index in [9.17, 15) is 17.6 Å². The predicted octanol–water partition coefficient (Wildman–Crippen LogP) is 2.90. The molecule has 6 nitrogen and oxygen atoms in total. The number of hydrogen-bond acceptors (Lipinski definition) is 4. The van der Waals surface area contributed by atoms with Crippen LogP contribution in [0.15, 0.2) is 52.4 Å². The molecule has 0 saturated heterocycles. The van der Waals surface area contributed by atoms with Crippen molar-refractivity contribution in [3.63, 3.8) is 0 Å². The number of hydrogen-bond donors (Lipinski definition) is 2. The molecule has 0 fully saturated rings. The van der Waals surface area contributed by atoms with Crippen LogP contribution in [0.4, 0.5) is 4.39 Å². The van der Waals surface area contributed by atoms with Crippen molar-refractivity contribution in [3.8, 4) is 0 Å². The molecule has 8 heteroatoms. The number of rotatable bonds is 6. The Morgan fingerprint density at radius 1 is 1.24 bits per heavy atom. The lowest BCUT2D eigenvalue weighted by atomic mass is 9.98. The van der Waals surface area contributed by atoms with Gasteiger partial charge in [0.2, 0.25) is 5.91 Å². The van der Waals surface area contributed by atoms with Gasteiger partial charge in [-0.2, -0.15) is 0 Å². The molecule has 1 aliphatic heterocycles. The number of fused-ring (bicyclic) bond motifs is 1. The lowest BCUT2D eigenvalue weighted by Crippen LogP contribution is -2.38. The SMILES string of the molecule is CC[C@H](C)[C@H](N=C1NS(=O)(=O)c2ccccc21)C(=O)NCc1ccc(F)c(C)c1. The largest absolute Gasteiger partial charge is 0.350 e. The summed E-state index contributed by atoms with van der Waals surface area (Å²) in [6.45, 7) is 5.74. The second-order valence-electron chi connectivity index (χ2n) is 7.21. The zero-order chi connectivity index (χ0) is 21.2. The molecule has 0 aliphatic carbocycles. The fraction of sp³-hybridized carbons (Fsp3) is 0.333. The summed E-state index contributed by atoms with van der Waals surface area (Å²) in [6, 6.07) is 10.5. The van der Waals surface area contributed by atoms with E-state index in [0.29, 0.717) is 17.5 Å². The van der Waals surface area contributed by atoms with Crippen molar-refractivity contribution in [2.75, 3.05) is 0 Å². The van der Waals surface area contributed by atoms with Crippen LogP contribution >= 0.6 is 0 Å². The van der Waals surface area contributed by atoms with Crippen LogP contribution in [0.5, 0.6) is 0 Å². The summed E-state index contributed by atoms with van der Waals surface area (Å²) in [6.07, 6.45) is 0.693. The maximum atomic E-state index is 13.4. The molecule has 29 heavy (non-hydrogen) atoms. The van der Waals surface area contributed by atoms with Gasteiger partial charge in [0, 0.05) is 12.1 Å². The number of aliphatic imine (C=N–C) groups is 1. The number of amidine groups is 1. The maximum absolute atomic E-state index is 13.4. The molecule has 1 amide bonds. The number of sulfonamides is 1. The maximum Gasteiger partial charge on any atom is 0.263 e. The Kier molecular flexibility index (Phi) is 6.02. The quantitative estimate of drug-likeness (QED) is 0.758. The number of amides is 1. The van der Waals surface area contributed by atoms with Crippen LogP contribution in [0.3, 0.4) is 0 Å². The van der Waals surface area contributed by atoms with Crippen LogP contribution in [0, 0.1) is 18.7 Å². The molecule has 0 radical (unpaired) electrons. The smallest absolute Gasteiger partial charge is 0.263 e. The Morgan fingerprint density at radius 3 is 2.66 bits per heavy atom. The van der Waals surface area contributed by atoms with Gasteiger partial charge < -0.3 is 5.32 Å².